The van der Waals surface area contributed by atoms with Gasteiger partial charge in [0.05, 0.1) is 0 Å². The Morgan fingerprint density at radius 2 is 1.72 bits per heavy atom. The van der Waals surface area contributed by atoms with Gasteiger partial charge >= 0.3 is 0 Å². The van der Waals surface area contributed by atoms with Gasteiger partial charge in [0.15, 0.2) is 0 Å². The molecule has 5 nitrogen and oxygen atoms in total. The maximum atomic E-state index is 12.5. The van der Waals surface area contributed by atoms with Crippen molar-refractivity contribution in [2.24, 2.45) is 0 Å². The number of hydrogen-bond acceptors (Lipinski definition) is 3. The average molecular weight is 360 g/mol. The summed E-state index contributed by atoms with van der Waals surface area (Å²) in [4.78, 5) is 26.5. The van der Waals surface area contributed by atoms with Gasteiger partial charge in [-0.1, -0.05) is 18.2 Å². The molecule has 0 bridgehead atoms. The molecule has 1 atom stereocenters. The summed E-state index contributed by atoms with van der Waals surface area (Å²) in [7, 11) is 0. The SMILES string of the molecule is CC1CN(C(=O)c2ccc(NC(=O)c3ccccc3)cc2)CCN1.Cl. The second-order valence-electron chi connectivity index (χ2n) is 6.00. The summed E-state index contributed by atoms with van der Waals surface area (Å²) >= 11 is 0. The van der Waals surface area contributed by atoms with E-state index in [0.717, 1.165) is 13.1 Å². The van der Waals surface area contributed by atoms with E-state index in [9.17, 15) is 9.59 Å². The molecule has 1 heterocycles. The molecular weight excluding hydrogens is 338 g/mol. The molecule has 2 aromatic carbocycles. The first-order chi connectivity index (χ1) is 11.6. The number of piperazine rings is 1. The van der Waals surface area contributed by atoms with Crippen LogP contribution in [0.2, 0.25) is 0 Å². The lowest BCUT2D eigenvalue weighted by Crippen LogP contribution is -2.51. The molecule has 1 aliphatic rings. The standard InChI is InChI=1S/C19H21N3O2.ClH/c1-14-13-22(12-11-20-14)19(24)16-7-9-17(10-8-16)21-18(23)15-5-3-2-4-6-15;/h2-10,14,20H,11-13H2,1H3,(H,21,23);1H. The number of hydrogen-bond donors (Lipinski definition) is 2. The van der Waals surface area contributed by atoms with Crippen LogP contribution >= 0.6 is 12.4 Å². The van der Waals surface area contributed by atoms with Gasteiger partial charge in [0.2, 0.25) is 0 Å². The van der Waals surface area contributed by atoms with Crippen molar-refractivity contribution in [1.29, 1.82) is 0 Å². The fourth-order valence-corrected chi connectivity index (χ4v) is 2.79. The van der Waals surface area contributed by atoms with E-state index in [-0.39, 0.29) is 24.2 Å². The van der Waals surface area contributed by atoms with E-state index >= 15 is 0 Å². The molecule has 1 fully saturated rings. The first-order valence-corrected chi connectivity index (χ1v) is 8.12. The maximum absolute atomic E-state index is 12.5. The Morgan fingerprint density at radius 1 is 1.04 bits per heavy atom. The van der Waals surface area contributed by atoms with Crippen LogP contribution in [0, 0.1) is 0 Å². The smallest absolute Gasteiger partial charge is 0.255 e. The predicted octanol–water partition coefficient (Wildman–Crippen LogP) is 2.79. The zero-order valence-electron chi connectivity index (χ0n) is 14.1. The Hall–Kier alpha value is -2.37. The van der Waals surface area contributed by atoms with Crippen LogP contribution in [-0.4, -0.2) is 42.4 Å². The second kappa shape index (κ2) is 8.65. The molecular formula is C19H22ClN3O2. The molecule has 3 rings (SSSR count). The molecule has 6 heteroatoms. The topological polar surface area (TPSA) is 61.4 Å². The number of benzene rings is 2. The Balaban J connectivity index is 0.00000225. The van der Waals surface area contributed by atoms with Gasteiger partial charge in [-0.25, -0.2) is 0 Å². The maximum Gasteiger partial charge on any atom is 0.255 e. The van der Waals surface area contributed by atoms with Gasteiger partial charge in [0, 0.05) is 42.5 Å². The summed E-state index contributed by atoms with van der Waals surface area (Å²) in [6.07, 6.45) is 0. The third kappa shape index (κ3) is 4.81. The second-order valence-corrected chi connectivity index (χ2v) is 6.00. The molecule has 0 radical (unpaired) electrons. The molecule has 0 aliphatic carbocycles. The number of carbonyl (C=O) groups excluding carboxylic acids is 2. The highest BCUT2D eigenvalue weighted by atomic mass is 35.5. The molecule has 0 saturated carbocycles. The van der Waals surface area contributed by atoms with Crippen molar-refractivity contribution in [3.05, 3.63) is 65.7 Å². The quantitative estimate of drug-likeness (QED) is 0.885. The van der Waals surface area contributed by atoms with Gasteiger partial charge in [-0.15, -0.1) is 12.4 Å². The molecule has 1 aliphatic heterocycles. The van der Waals surface area contributed by atoms with Crippen LogP contribution < -0.4 is 10.6 Å². The van der Waals surface area contributed by atoms with Gasteiger partial charge < -0.3 is 15.5 Å². The monoisotopic (exact) mass is 359 g/mol. The van der Waals surface area contributed by atoms with E-state index in [2.05, 4.69) is 17.6 Å². The first kappa shape index (κ1) is 19.0. The van der Waals surface area contributed by atoms with Crippen LogP contribution in [0.3, 0.4) is 0 Å². The van der Waals surface area contributed by atoms with Crippen molar-refractivity contribution < 1.29 is 9.59 Å². The van der Waals surface area contributed by atoms with Crippen LogP contribution in [0.25, 0.3) is 0 Å². The summed E-state index contributed by atoms with van der Waals surface area (Å²) < 4.78 is 0. The Morgan fingerprint density at radius 3 is 2.36 bits per heavy atom. The summed E-state index contributed by atoms with van der Waals surface area (Å²) in [5.41, 5.74) is 1.92. The molecule has 1 saturated heterocycles. The van der Waals surface area contributed by atoms with E-state index in [1.165, 1.54) is 0 Å². The number of carbonyl (C=O) groups is 2. The van der Waals surface area contributed by atoms with Crippen molar-refractivity contribution in [3.63, 3.8) is 0 Å². The van der Waals surface area contributed by atoms with Gasteiger partial charge in [-0.3, -0.25) is 9.59 Å². The zero-order chi connectivity index (χ0) is 16.9. The highest BCUT2D eigenvalue weighted by Gasteiger charge is 2.21. The van der Waals surface area contributed by atoms with Gasteiger partial charge in [0.1, 0.15) is 0 Å². The van der Waals surface area contributed by atoms with E-state index in [1.807, 2.05) is 23.1 Å². The number of rotatable bonds is 3. The van der Waals surface area contributed by atoms with Crippen molar-refractivity contribution in [3.8, 4) is 0 Å². The van der Waals surface area contributed by atoms with Crippen molar-refractivity contribution in [2.45, 2.75) is 13.0 Å². The van der Waals surface area contributed by atoms with Crippen LogP contribution in [0.1, 0.15) is 27.6 Å². The van der Waals surface area contributed by atoms with Crippen molar-refractivity contribution in [1.82, 2.24) is 10.2 Å². The fourth-order valence-electron chi connectivity index (χ4n) is 2.79. The summed E-state index contributed by atoms with van der Waals surface area (Å²) in [6.45, 7) is 4.32. The molecule has 2 aromatic rings. The lowest BCUT2D eigenvalue weighted by molar-refractivity contribution is 0.0709. The van der Waals surface area contributed by atoms with Crippen molar-refractivity contribution in [2.75, 3.05) is 25.0 Å². The molecule has 2 N–H and O–H groups in total. The largest absolute Gasteiger partial charge is 0.336 e. The van der Waals surface area contributed by atoms with E-state index in [1.54, 1.807) is 36.4 Å². The molecule has 1 unspecified atom stereocenters. The van der Waals surface area contributed by atoms with Crippen LogP contribution in [0.15, 0.2) is 54.6 Å². The highest BCUT2D eigenvalue weighted by molar-refractivity contribution is 6.04. The van der Waals surface area contributed by atoms with Gasteiger partial charge in [0.25, 0.3) is 11.8 Å². The summed E-state index contributed by atoms with van der Waals surface area (Å²) in [5.74, 6) is -0.130. The highest BCUT2D eigenvalue weighted by Crippen LogP contribution is 2.14. The predicted molar refractivity (Wildman–Crippen MR) is 101 cm³/mol. The van der Waals surface area contributed by atoms with Gasteiger partial charge in [-0.2, -0.15) is 0 Å². The number of anilines is 1. The fraction of sp³-hybridized carbons (Fsp3) is 0.263. The number of amides is 2. The lowest BCUT2D eigenvalue weighted by Gasteiger charge is -2.32. The van der Waals surface area contributed by atoms with Gasteiger partial charge in [-0.05, 0) is 43.3 Å². The van der Waals surface area contributed by atoms with E-state index in [0.29, 0.717) is 29.4 Å². The van der Waals surface area contributed by atoms with Crippen LogP contribution in [0.4, 0.5) is 5.69 Å². The summed E-state index contributed by atoms with van der Waals surface area (Å²) in [5, 5.41) is 6.16. The number of halogens is 1. The third-order valence-corrected chi connectivity index (χ3v) is 4.08. The Bertz CT molecular complexity index is 719. The first-order valence-electron chi connectivity index (χ1n) is 8.12. The molecule has 25 heavy (non-hydrogen) atoms. The zero-order valence-corrected chi connectivity index (χ0v) is 14.9. The lowest BCUT2D eigenvalue weighted by atomic mass is 10.1. The van der Waals surface area contributed by atoms with E-state index in [4.69, 9.17) is 0 Å². The third-order valence-electron chi connectivity index (χ3n) is 4.08. The average Bonchev–Trinajstić information content (AvgIpc) is 2.62. The van der Waals surface area contributed by atoms with Crippen LogP contribution in [-0.2, 0) is 0 Å². The molecule has 0 aromatic heterocycles. The Kier molecular flexibility index (Phi) is 6.56. The van der Waals surface area contributed by atoms with Crippen LogP contribution in [0.5, 0.6) is 0 Å². The summed E-state index contributed by atoms with van der Waals surface area (Å²) in [6, 6.07) is 16.4. The van der Waals surface area contributed by atoms with Crippen molar-refractivity contribution >= 4 is 29.9 Å². The Labute approximate surface area is 153 Å². The normalized spacial score (nSPS) is 16.7. The van der Waals surface area contributed by atoms with E-state index < -0.39 is 0 Å². The minimum Gasteiger partial charge on any atom is -0.336 e. The minimum atomic E-state index is -0.161. The number of nitrogens with one attached hydrogen (secondary N) is 2. The molecule has 0 spiro atoms. The number of nitrogens with zero attached hydrogens (tertiary/aromatic N) is 1. The molecule has 2 amide bonds. The minimum absolute atomic E-state index is 0. The molecule has 132 valence electrons.